The third-order valence-corrected chi connectivity index (χ3v) is 1.19. The highest BCUT2D eigenvalue weighted by molar-refractivity contribution is 9.09. The van der Waals surface area contributed by atoms with Gasteiger partial charge in [0.05, 0.1) is 0 Å². The van der Waals surface area contributed by atoms with Crippen molar-refractivity contribution in [2.75, 3.05) is 18.9 Å². The molecular weight excluding hydrogens is 170 g/mol. The largest absolute Gasteiger partial charge is 0.370 e. The summed E-state index contributed by atoms with van der Waals surface area (Å²) in [6.07, 6.45) is 0. The minimum absolute atomic E-state index is 0.115. The predicted octanol–water partition coefficient (Wildman–Crippen LogP) is 0.207. The van der Waals surface area contributed by atoms with Crippen LogP contribution in [-0.4, -0.2) is 29.8 Å². The molecule has 0 aliphatic carbocycles. The second kappa shape index (κ2) is 3.72. The van der Waals surface area contributed by atoms with Gasteiger partial charge < -0.3 is 10.6 Å². The van der Waals surface area contributed by atoms with Crippen LogP contribution in [0.5, 0.6) is 0 Å². The summed E-state index contributed by atoms with van der Waals surface area (Å²) in [7, 11) is 1.78. The summed E-state index contributed by atoms with van der Waals surface area (Å²) in [4.78, 5) is 1.66. The van der Waals surface area contributed by atoms with E-state index in [-0.39, 0.29) is 5.96 Å². The van der Waals surface area contributed by atoms with E-state index in [4.69, 9.17) is 11.1 Å². The molecule has 0 rings (SSSR count). The fraction of sp³-hybridized carbons (Fsp3) is 0.750. The number of guanidine groups is 1. The van der Waals surface area contributed by atoms with Gasteiger partial charge in [-0.25, -0.2) is 0 Å². The zero-order valence-corrected chi connectivity index (χ0v) is 6.40. The first-order valence-corrected chi connectivity index (χ1v) is 3.41. The molecular formula is C4H10BrN3. The fourth-order valence-electron chi connectivity index (χ4n) is 0.247. The molecule has 0 bridgehead atoms. The molecule has 0 radical (unpaired) electrons. The topological polar surface area (TPSA) is 53.1 Å². The van der Waals surface area contributed by atoms with Crippen molar-refractivity contribution < 1.29 is 0 Å². The highest BCUT2D eigenvalue weighted by Crippen LogP contribution is 1.83. The molecule has 0 atom stereocenters. The molecule has 0 saturated heterocycles. The van der Waals surface area contributed by atoms with E-state index in [1.165, 1.54) is 0 Å². The molecule has 4 heteroatoms. The van der Waals surface area contributed by atoms with Crippen molar-refractivity contribution in [2.45, 2.75) is 0 Å². The normalized spacial score (nSPS) is 8.75. The summed E-state index contributed by atoms with van der Waals surface area (Å²) >= 11 is 3.22. The van der Waals surface area contributed by atoms with E-state index in [1.54, 1.807) is 11.9 Å². The lowest BCUT2D eigenvalue weighted by atomic mass is 10.6. The maximum absolute atomic E-state index is 6.89. The van der Waals surface area contributed by atoms with Crippen molar-refractivity contribution in [3.05, 3.63) is 0 Å². The summed E-state index contributed by atoms with van der Waals surface area (Å²) in [5.74, 6) is 0.115. The van der Waals surface area contributed by atoms with Crippen molar-refractivity contribution >= 4 is 21.9 Å². The maximum atomic E-state index is 6.89. The van der Waals surface area contributed by atoms with Crippen molar-refractivity contribution in [1.29, 1.82) is 5.41 Å². The van der Waals surface area contributed by atoms with Gasteiger partial charge in [0.25, 0.3) is 0 Å². The Labute approximate surface area is 57.5 Å². The van der Waals surface area contributed by atoms with Gasteiger partial charge in [-0.1, -0.05) is 15.9 Å². The minimum atomic E-state index is 0.115. The number of halogens is 1. The van der Waals surface area contributed by atoms with E-state index in [1.807, 2.05) is 0 Å². The Balaban J connectivity index is 3.32. The second-order valence-corrected chi connectivity index (χ2v) is 2.29. The number of nitrogens with zero attached hydrogens (tertiary/aromatic N) is 1. The summed E-state index contributed by atoms with van der Waals surface area (Å²) < 4.78 is 0. The second-order valence-electron chi connectivity index (χ2n) is 1.50. The fourth-order valence-corrected chi connectivity index (χ4v) is 0.779. The van der Waals surface area contributed by atoms with Crippen LogP contribution in [0, 0.1) is 5.41 Å². The lowest BCUT2D eigenvalue weighted by Gasteiger charge is -2.13. The third-order valence-electron chi connectivity index (χ3n) is 0.831. The van der Waals surface area contributed by atoms with Crippen LogP contribution in [0.15, 0.2) is 0 Å². The standard InChI is InChI=1S/C4H10BrN3/c1-8(3-2-5)4(6)7/h2-3H2,1H3,(H3,6,7). The number of hydrogen-bond donors (Lipinski definition) is 2. The number of rotatable bonds is 2. The van der Waals surface area contributed by atoms with Crippen LogP contribution in [0.25, 0.3) is 0 Å². The molecule has 0 spiro atoms. The van der Waals surface area contributed by atoms with E-state index < -0.39 is 0 Å². The van der Waals surface area contributed by atoms with Crippen molar-refractivity contribution in [3.63, 3.8) is 0 Å². The summed E-state index contributed by atoms with van der Waals surface area (Å²) in [6.45, 7) is 0.787. The Morgan fingerprint density at radius 3 is 2.50 bits per heavy atom. The zero-order valence-electron chi connectivity index (χ0n) is 4.82. The van der Waals surface area contributed by atoms with Crippen LogP contribution < -0.4 is 5.73 Å². The Morgan fingerprint density at radius 2 is 2.38 bits per heavy atom. The van der Waals surface area contributed by atoms with Crippen molar-refractivity contribution in [1.82, 2.24) is 4.90 Å². The first kappa shape index (κ1) is 7.75. The molecule has 0 aliphatic heterocycles. The highest BCUT2D eigenvalue weighted by atomic mass is 79.9. The van der Waals surface area contributed by atoms with Gasteiger partial charge in [-0.3, -0.25) is 5.41 Å². The molecule has 0 heterocycles. The van der Waals surface area contributed by atoms with E-state index >= 15 is 0 Å². The predicted molar refractivity (Wildman–Crippen MR) is 38.3 cm³/mol. The number of nitrogens with one attached hydrogen (secondary N) is 1. The molecule has 3 N–H and O–H groups in total. The number of alkyl halides is 1. The minimum Gasteiger partial charge on any atom is -0.370 e. The quantitative estimate of drug-likeness (QED) is 0.362. The van der Waals surface area contributed by atoms with Gasteiger partial charge in [0.2, 0.25) is 0 Å². The molecule has 3 nitrogen and oxygen atoms in total. The lowest BCUT2D eigenvalue weighted by Crippen LogP contribution is -2.33. The Hall–Kier alpha value is -0.250. The summed E-state index contributed by atoms with van der Waals surface area (Å²) in [5, 5.41) is 7.74. The van der Waals surface area contributed by atoms with Crippen LogP contribution in [-0.2, 0) is 0 Å². The molecule has 8 heavy (non-hydrogen) atoms. The molecule has 48 valence electrons. The van der Waals surface area contributed by atoms with Gasteiger partial charge in [0.15, 0.2) is 5.96 Å². The average molecular weight is 180 g/mol. The SMILES string of the molecule is CN(CCBr)C(=N)N. The van der Waals surface area contributed by atoms with Crippen LogP contribution in [0.2, 0.25) is 0 Å². The zero-order chi connectivity index (χ0) is 6.57. The van der Waals surface area contributed by atoms with E-state index in [0.717, 1.165) is 11.9 Å². The Morgan fingerprint density at radius 1 is 1.88 bits per heavy atom. The van der Waals surface area contributed by atoms with Gasteiger partial charge in [-0.05, 0) is 0 Å². The van der Waals surface area contributed by atoms with E-state index in [2.05, 4.69) is 15.9 Å². The van der Waals surface area contributed by atoms with Crippen LogP contribution in [0.1, 0.15) is 0 Å². The van der Waals surface area contributed by atoms with Crippen molar-refractivity contribution in [2.24, 2.45) is 5.73 Å². The molecule has 0 aromatic heterocycles. The average Bonchev–Trinajstić information content (AvgIpc) is 1.67. The molecule has 0 aromatic carbocycles. The Kier molecular flexibility index (Phi) is 3.60. The third kappa shape index (κ3) is 2.85. The first-order valence-electron chi connectivity index (χ1n) is 2.29. The van der Waals surface area contributed by atoms with Gasteiger partial charge in [-0.15, -0.1) is 0 Å². The van der Waals surface area contributed by atoms with Gasteiger partial charge in [-0.2, -0.15) is 0 Å². The van der Waals surface area contributed by atoms with Crippen LogP contribution in [0.3, 0.4) is 0 Å². The van der Waals surface area contributed by atoms with Gasteiger partial charge >= 0.3 is 0 Å². The van der Waals surface area contributed by atoms with Crippen molar-refractivity contribution in [3.8, 4) is 0 Å². The number of nitrogens with two attached hydrogens (primary N) is 1. The lowest BCUT2D eigenvalue weighted by molar-refractivity contribution is 0.531. The Bertz CT molecular complexity index is 83.4. The maximum Gasteiger partial charge on any atom is 0.188 e. The smallest absolute Gasteiger partial charge is 0.188 e. The molecule has 0 unspecified atom stereocenters. The van der Waals surface area contributed by atoms with E-state index in [9.17, 15) is 0 Å². The highest BCUT2D eigenvalue weighted by Gasteiger charge is 1.94. The van der Waals surface area contributed by atoms with E-state index in [0.29, 0.717) is 0 Å². The molecule has 0 fully saturated rings. The monoisotopic (exact) mass is 179 g/mol. The molecule has 0 aromatic rings. The number of hydrogen-bond acceptors (Lipinski definition) is 1. The molecule has 0 aliphatic rings. The van der Waals surface area contributed by atoms with Gasteiger partial charge in [0, 0.05) is 18.9 Å². The summed E-state index contributed by atoms with van der Waals surface area (Å²) in [6, 6.07) is 0. The summed E-state index contributed by atoms with van der Waals surface area (Å²) in [5.41, 5.74) is 5.11. The van der Waals surface area contributed by atoms with Gasteiger partial charge in [0.1, 0.15) is 0 Å². The molecule has 0 saturated carbocycles. The molecule has 0 amide bonds. The first-order chi connectivity index (χ1) is 3.68. The van der Waals surface area contributed by atoms with Crippen LogP contribution >= 0.6 is 15.9 Å². The van der Waals surface area contributed by atoms with Crippen LogP contribution in [0.4, 0.5) is 0 Å².